The van der Waals surface area contributed by atoms with E-state index in [0.29, 0.717) is 18.0 Å². The number of anilines is 3. The largest absolute Gasteiger partial charge is 0.486 e. The highest BCUT2D eigenvalue weighted by Crippen LogP contribution is 2.25. The Kier molecular flexibility index (Phi) is 5.59. The third kappa shape index (κ3) is 4.29. The lowest BCUT2D eigenvalue weighted by Crippen LogP contribution is -2.30. The van der Waals surface area contributed by atoms with Crippen LogP contribution < -0.4 is 20.5 Å². The summed E-state index contributed by atoms with van der Waals surface area (Å²) in [5.74, 6) is 0.753. The monoisotopic (exact) mass is 400 g/mol. The van der Waals surface area contributed by atoms with Gasteiger partial charge in [-0.15, -0.1) is 0 Å². The van der Waals surface area contributed by atoms with Crippen LogP contribution in [-0.4, -0.2) is 29.9 Å². The fraction of sp³-hybridized carbons (Fsp3) is 0.167. The molecule has 0 saturated heterocycles. The van der Waals surface area contributed by atoms with E-state index in [4.69, 9.17) is 16.2 Å². The van der Waals surface area contributed by atoms with Gasteiger partial charge in [-0.05, 0) is 43.3 Å². The van der Waals surface area contributed by atoms with Gasteiger partial charge in [-0.3, -0.25) is 4.31 Å². The first-order valence-corrected chi connectivity index (χ1v) is 9.90. The first-order chi connectivity index (χ1) is 13.4. The van der Waals surface area contributed by atoms with E-state index in [2.05, 4.69) is 15.0 Å². The summed E-state index contributed by atoms with van der Waals surface area (Å²) in [5.41, 5.74) is 11.6. The van der Waals surface area contributed by atoms with Gasteiger partial charge < -0.3 is 16.2 Å². The number of nitrogens with zero attached hydrogens (tertiary/aromatic N) is 4. The molecule has 3 aromatic rings. The van der Waals surface area contributed by atoms with Crippen LogP contribution >= 0.6 is 0 Å². The smallest absolute Gasteiger partial charge is 0.264 e. The van der Waals surface area contributed by atoms with Crippen molar-refractivity contribution in [3.63, 3.8) is 0 Å². The van der Waals surface area contributed by atoms with Crippen LogP contribution in [0.1, 0.15) is 12.7 Å². The van der Waals surface area contributed by atoms with Gasteiger partial charge in [-0.2, -0.15) is 15.0 Å². The van der Waals surface area contributed by atoms with Gasteiger partial charge in [0.25, 0.3) is 10.0 Å². The number of rotatable bonds is 7. The first-order valence-electron chi connectivity index (χ1n) is 8.46. The van der Waals surface area contributed by atoms with Crippen LogP contribution in [0.5, 0.6) is 5.75 Å². The molecule has 0 saturated carbocycles. The van der Waals surface area contributed by atoms with E-state index in [-0.39, 0.29) is 29.2 Å². The zero-order valence-electron chi connectivity index (χ0n) is 15.2. The molecule has 0 aliphatic carbocycles. The number of para-hydroxylation sites is 1. The maximum Gasteiger partial charge on any atom is 0.264 e. The molecule has 0 spiro atoms. The van der Waals surface area contributed by atoms with Crippen LogP contribution in [0.25, 0.3) is 0 Å². The van der Waals surface area contributed by atoms with Crippen molar-refractivity contribution in [2.24, 2.45) is 0 Å². The highest BCUT2D eigenvalue weighted by Gasteiger charge is 2.23. The van der Waals surface area contributed by atoms with E-state index in [0.717, 1.165) is 0 Å². The van der Waals surface area contributed by atoms with E-state index in [9.17, 15) is 8.42 Å². The summed E-state index contributed by atoms with van der Waals surface area (Å²) in [6, 6.07) is 15.1. The normalized spacial score (nSPS) is 11.2. The Hall–Kier alpha value is -3.40. The SMILES string of the molecule is CCN(c1ccccc1)S(=O)(=O)c1ccc(OCc2nc(N)nc(N)n2)cc1. The van der Waals surface area contributed by atoms with Crippen LogP contribution in [0.2, 0.25) is 0 Å². The Morgan fingerprint density at radius 1 is 0.929 bits per heavy atom. The number of nitrogen functional groups attached to an aromatic ring is 2. The minimum Gasteiger partial charge on any atom is -0.486 e. The summed E-state index contributed by atoms with van der Waals surface area (Å²) in [7, 11) is -3.69. The molecule has 0 radical (unpaired) electrons. The summed E-state index contributed by atoms with van der Waals surface area (Å²) in [6.07, 6.45) is 0. The molecule has 28 heavy (non-hydrogen) atoms. The number of benzene rings is 2. The Labute approximate surface area is 163 Å². The van der Waals surface area contributed by atoms with Gasteiger partial charge in [0.2, 0.25) is 11.9 Å². The lowest BCUT2D eigenvalue weighted by Gasteiger charge is -2.23. The molecule has 0 aliphatic rings. The molecular formula is C18H20N6O3S. The fourth-order valence-corrected chi connectivity index (χ4v) is 4.06. The van der Waals surface area contributed by atoms with Gasteiger partial charge in [0.05, 0.1) is 10.6 Å². The van der Waals surface area contributed by atoms with E-state index < -0.39 is 10.0 Å². The molecule has 0 bridgehead atoms. The zero-order valence-corrected chi connectivity index (χ0v) is 16.0. The Morgan fingerprint density at radius 3 is 2.11 bits per heavy atom. The highest BCUT2D eigenvalue weighted by atomic mass is 32.2. The third-order valence-electron chi connectivity index (χ3n) is 3.83. The van der Waals surface area contributed by atoms with E-state index in [1.807, 2.05) is 6.07 Å². The molecule has 0 fully saturated rings. The number of nitrogens with two attached hydrogens (primary N) is 2. The van der Waals surface area contributed by atoms with Gasteiger partial charge in [-0.25, -0.2) is 8.42 Å². The second kappa shape index (κ2) is 8.09. The van der Waals surface area contributed by atoms with Crippen LogP contribution in [0.3, 0.4) is 0 Å². The maximum atomic E-state index is 13.0. The molecule has 1 heterocycles. The number of ether oxygens (including phenoxy) is 1. The Balaban J connectivity index is 1.75. The quantitative estimate of drug-likeness (QED) is 0.613. The lowest BCUT2D eigenvalue weighted by atomic mass is 10.3. The summed E-state index contributed by atoms with van der Waals surface area (Å²) in [4.78, 5) is 11.7. The Morgan fingerprint density at radius 2 is 1.54 bits per heavy atom. The molecular weight excluding hydrogens is 380 g/mol. The topological polar surface area (TPSA) is 137 Å². The molecule has 0 amide bonds. The van der Waals surface area contributed by atoms with Crippen molar-refractivity contribution in [2.45, 2.75) is 18.4 Å². The molecule has 0 aliphatic heterocycles. The summed E-state index contributed by atoms with van der Waals surface area (Å²) >= 11 is 0. The van der Waals surface area contributed by atoms with E-state index in [1.54, 1.807) is 43.3 Å². The van der Waals surface area contributed by atoms with Crippen LogP contribution in [-0.2, 0) is 16.6 Å². The predicted molar refractivity (Wildman–Crippen MR) is 106 cm³/mol. The van der Waals surface area contributed by atoms with Crippen LogP contribution in [0.4, 0.5) is 17.6 Å². The molecule has 2 aromatic carbocycles. The molecule has 0 atom stereocenters. The summed E-state index contributed by atoms with van der Waals surface area (Å²) in [6.45, 7) is 2.12. The van der Waals surface area contributed by atoms with Crippen molar-refractivity contribution >= 4 is 27.6 Å². The molecule has 3 rings (SSSR count). The van der Waals surface area contributed by atoms with Gasteiger partial charge in [0.1, 0.15) is 12.4 Å². The van der Waals surface area contributed by atoms with Crippen molar-refractivity contribution in [1.29, 1.82) is 0 Å². The van der Waals surface area contributed by atoms with E-state index in [1.165, 1.54) is 16.4 Å². The lowest BCUT2D eigenvalue weighted by molar-refractivity contribution is 0.295. The van der Waals surface area contributed by atoms with Crippen LogP contribution in [0, 0.1) is 0 Å². The predicted octanol–water partition coefficient (Wildman–Crippen LogP) is 1.83. The first kappa shape index (κ1) is 19.4. The maximum absolute atomic E-state index is 13.0. The molecule has 4 N–H and O–H groups in total. The van der Waals surface area contributed by atoms with E-state index >= 15 is 0 Å². The minimum absolute atomic E-state index is 0.00751. The zero-order chi connectivity index (χ0) is 20.1. The number of sulfonamides is 1. The second-order valence-electron chi connectivity index (χ2n) is 5.73. The third-order valence-corrected chi connectivity index (χ3v) is 5.74. The summed E-state index contributed by atoms with van der Waals surface area (Å²) in [5, 5.41) is 0. The standard InChI is InChI=1S/C18H20N6O3S/c1-2-24(13-6-4-3-5-7-13)28(25,26)15-10-8-14(9-11-15)27-12-16-21-17(19)23-18(20)22-16/h3-11H,2,12H2,1H3,(H4,19,20,21,22,23). The molecule has 10 heteroatoms. The van der Waals surface area contributed by atoms with Gasteiger partial charge in [0.15, 0.2) is 5.82 Å². The average Bonchev–Trinajstić information content (AvgIpc) is 2.67. The van der Waals surface area contributed by atoms with Crippen LogP contribution in [0.15, 0.2) is 59.5 Å². The number of hydrogen-bond donors (Lipinski definition) is 2. The van der Waals surface area contributed by atoms with Crippen molar-refractivity contribution in [2.75, 3.05) is 22.3 Å². The fourth-order valence-electron chi connectivity index (χ4n) is 2.59. The summed E-state index contributed by atoms with van der Waals surface area (Å²) < 4.78 is 32.8. The van der Waals surface area contributed by atoms with Crippen molar-refractivity contribution in [3.8, 4) is 5.75 Å². The highest BCUT2D eigenvalue weighted by molar-refractivity contribution is 7.92. The number of aromatic nitrogens is 3. The average molecular weight is 400 g/mol. The number of hydrogen-bond acceptors (Lipinski definition) is 8. The van der Waals surface area contributed by atoms with Gasteiger partial charge in [0, 0.05) is 6.54 Å². The minimum atomic E-state index is -3.69. The molecule has 1 aromatic heterocycles. The van der Waals surface area contributed by atoms with Gasteiger partial charge in [-0.1, -0.05) is 18.2 Å². The van der Waals surface area contributed by atoms with Gasteiger partial charge >= 0.3 is 0 Å². The molecule has 0 unspecified atom stereocenters. The van der Waals surface area contributed by atoms with Crippen molar-refractivity contribution < 1.29 is 13.2 Å². The molecule has 9 nitrogen and oxygen atoms in total. The van der Waals surface area contributed by atoms with Crippen molar-refractivity contribution in [1.82, 2.24) is 15.0 Å². The van der Waals surface area contributed by atoms with Crippen molar-refractivity contribution in [3.05, 3.63) is 60.4 Å². The molecule has 146 valence electrons. The Bertz CT molecular complexity index is 1020. The second-order valence-corrected chi connectivity index (χ2v) is 7.60.